The van der Waals surface area contributed by atoms with Crippen molar-refractivity contribution in [2.75, 3.05) is 42.5 Å². The van der Waals surface area contributed by atoms with Gasteiger partial charge in [-0.3, -0.25) is 34.3 Å². The van der Waals surface area contributed by atoms with E-state index < -0.39 is 35.5 Å². The van der Waals surface area contributed by atoms with Crippen LogP contribution in [0.5, 0.6) is 0 Å². The van der Waals surface area contributed by atoms with E-state index in [1.165, 1.54) is 6.07 Å². The number of imide groups is 2. The first-order chi connectivity index (χ1) is 27.4. The van der Waals surface area contributed by atoms with Crippen molar-refractivity contribution in [3.05, 3.63) is 94.1 Å². The molecule has 0 spiro atoms. The molecule has 13 heteroatoms. The molecule has 4 aliphatic heterocycles. The Morgan fingerprint density at radius 1 is 0.947 bits per heavy atom. The summed E-state index contributed by atoms with van der Waals surface area (Å²) in [6.45, 7) is 9.85. The highest BCUT2D eigenvalue weighted by atomic mass is 19.1. The molecule has 0 bridgehead atoms. The monoisotopic (exact) mass is 769 g/mol. The quantitative estimate of drug-likeness (QED) is 0.199. The van der Waals surface area contributed by atoms with E-state index in [1.54, 1.807) is 0 Å². The van der Waals surface area contributed by atoms with Crippen LogP contribution in [0, 0.1) is 43.8 Å². The van der Waals surface area contributed by atoms with Crippen molar-refractivity contribution in [1.82, 2.24) is 20.3 Å². The molecular weight excluding hydrogens is 726 g/mol. The molecule has 4 fully saturated rings. The summed E-state index contributed by atoms with van der Waals surface area (Å²) in [5, 5.41) is 16.2. The van der Waals surface area contributed by atoms with Crippen molar-refractivity contribution >= 4 is 40.7 Å². The summed E-state index contributed by atoms with van der Waals surface area (Å²) in [4.78, 5) is 58.3. The maximum absolute atomic E-state index is 15.5. The Bertz CT molecular complexity index is 2350. The molecule has 3 saturated heterocycles. The number of likely N-dealkylation sites (tertiary alicyclic amines) is 1. The fraction of sp³-hybridized carbons (Fsp3) is 0.409. The summed E-state index contributed by atoms with van der Waals surface area (Å²) in [5.74, 6) is -1.89. The van der Waals surface area contributed by atoms with Crippen molar-refractivity contribution in [3.8, 4) is 17.2 Å². The topological polar surface area (TPSA) is 143 Å². The van der Waals surface area contributed by atoms with E-state index in [2.05, 4.69) is 75.7 Å². The van der Waals surface area contributed by atoms with Crippen molar-refractivity contribution in [2.45, 2.75) is 76.8 Å². The second-order valence-electron chi connectivity index (χ2n) is 16.4. The summed E-state index contributed by atoms with van der Waals surface area (Å²) in [7, 11) is 0. The van der Waals surface area contributed by atoms with E-state index >= 15 is 4.39 Å². The predicted molar refractivity (Wildman–Crippen MR) is 209 cm³/mol. The average molecular weight is 770 g/mol. The van der Waals surface area contributed by atoms with E-state index in [1.807, 2.05) is 18.7 Å². The Kier molecular flexibility index (Phi) is 8.99. The molecule has 1 saturated carbocycles. The molecule has 1 aliphatic carbocycles. The van der Waals surface area contributed by atoms with Gasteiger partial charge in [-0.05, 0) is 119 Å². The Hall–Kier alpha value is -5.87. The summed E-state index contributed by atoms with van der Waals surface area (Å²) < 4.78 is 21.0. The average Bonchev–Trinajstić information content (AvgIpc) is 3.87. The number of rotatable bonds is 9. The van der Waals surface area contributed by atoms with Crippen LogP contribution in [-0.4, -0.2) is 83.4 Å². The lowest BCUT2D eigenvalue weighted by Gasteiger charge is -2.49. The maximum atomic E-state index is 15.5. The Morgan fingerprint density at radius 3 is 2.28 bits per heavy atom. The molecule has 0 radical (unpaired) electrons. The van der Waals surface area contributed by atoms with Gasteiger partial charge in [0.25, 0.3) is 11.8 Å². The number of benzene rings is 3. The van der Waals surface area contributed by atoms with E-state index in [-0.39, 0.29) is 41.1 Å². The third-order valence-electron chi connectivity index (χ3n) is 12.8. The van der Waals surface area contributed by atoms with Crippen molar-refractivity contribution in [2.24, 2.45) is 5.92 Å². The van der Waals surface area contributed by atoms with E-state index in [0.717, 1.165) is 101 Å². The van der Waals surface area contributed by atoms with Crippen LogP contribution in [0.1, 0.15) is 81.8 Å². The molecule has 1 unspecified atom stereocenters. The van der Waals surface area contributed by atoms with Gasteiger partial charge in [0.1, 0.15) is 17.6 Å². The first-order valence-electron chi connectivity index (χ1n) is 19.8. The smallest absolute Gasteiger partial charge is 0.262 e. The fourth-order valence-electron chi connectivity index (χ4n) is 9.21. The highest BCUT2D eigenvalue weighted by Crippen LogP contribution is 2.48. The lowest BCUT2D eigenvalue weighted by Crippen LogP contribution is -2.61. The van der Waals surface area contributed by atoms with Crippen LogP contribution in [0.25, 0.3) is 11.1 Å². The van der Waals surface area contributed by atoms with Crippen LogP contribution in [-0.2, 0) is 15.0 Å². The standard InChI is InChI=1S/C44H44FN7O5/c1-25-4-5-29(40-26(2)48-57-27(40)3)18-37(25)51(31-8-6-30(7-9-31)44(24-46)14-15-44)21-28-12-16-49(17-13-28)32-22-50(23-32)38-20-34-33(19-35(38)45)42(55)52(43(34)56)36-10-11-39(53)47-41(36)54/h4-9,18-20,28,32,36H,10-17,21-23H2,1-3H3,(H,47,53,54). The largest absolute Gasteiger partial charge is 0.366 e. The number of fused-ring (bicyclic) bond motifs is 1. The number of nitrogens with zero attached hydrogens (tertiary/aromatic N) is 6. The van der Waals surface area contributed by atoms with Crippen LogP contribution in [0.15, 0.2) is 59.1 Å². The second-order valence-corrected chi connectivity index (χ2v) is 16.4. The normalized spacial score (nSPS) is 21.0. The molecule has 5 heterocycles. The number of carbonyl (C=O) groups is 4. The van der Waals surface area contributed by atoms with Crippen LogP contribution < -0.4 is 15.1 Å². The highest BCUT2D eigenvalue weighted by molar-refractivity contribution is 6.23. The van der Waals surface area contributed by atoms with Gasteiger partial charge in [0.05, 0.1) is 34.0 Å². The maximum Gasteiger partial charge on any atom is 0.262 e. The molecule has 4 amide bonds. The van der Waals surface area contributed by atoms with Gasteiger partial charge in [0.2, 0.25) is 11.8 Å². The van der Waals surface area contributed by atoms with Gasteiger partial charge in [0, 0.05) is 49.0 Å². The van der Waals surface area contributed by atoms with E-state index in [0.29, 0.717) is 19.0 Å². The second kappa shape index (κ2) is 14.0. The number of piperidine rings is 2. The number of nitriles is 1. The summed E-state index contributed by atoms with van der Waals surface area (Å²) in [5.41, 5.74) is 7.29. The van der Waals surface area contributed by atoms with Gasteiger partial charge < -0.3 is 14.3 Å². The number of aryl methyl sites for hydroxylation is 3. The number of nitrogens with one attached hydrogen (secondary N) is 1. The van der Waals surface area contributed by atoms with Crippen LogP contribution >= 0.6 is 0 Å². The van der Waals surface area contributed by atoms with E-state index in [4.69, 9.17) is 4.52 Å². The number of halogens is 1. The third kappa shape index (κ3) is 6.36. The molecule has 3 aromatic carbocycles. The van der Waals surface area contributed by atoms with Gasteiger partial charge in [-0.1, -0.05) is 29.4 Å². The first-order valence-corrected chi connectivity index (χ1v) is 19.8. The summed E-state index contributed by atoms with van der Waals surface area (Å²) in [6, 6.07) is 19.2. The zero-order valence-electron chi connectivity index (χ0n) is 32.3. The fourth-order valence-corrected chi connectivity index (χ4v) is 9.21. The number of aromatic nitrogens is 1. The minimum absolute atomic E-state index is 0.0184. The van der Waals surface area contributed by atoms with E-state index in [9.17, 15) is 24.4 Å². The van der Waals surface area contributed by atoms with Gasteiger partial charge in [-0.25, -0.2) is 4.39 Å². The van der Waals surface area contributed by atoms with Crippen molar-refractivity contribution in [3.63, 3.8) is 0 Å². The SMILES string of the molecule is Cc1ccc(-c2c(C)noc2C)cc1N(CC1CCN(C2CN(c3cc4c(cc3F)C(=O)N(C3CCC(=O)NC3=O)C4=O)C2)CC1)c1ccc(C2(C#N)CC2)cc1. The molecule has 12 nitrogen and oxygen atoms in total. The van der Waals surface area contributed by atoms with Crippen LogP contribution in [0.4, 0.5) is 21.5 Å². The van der Waals surface area contributed by atoms with Gasteiger partial charge in [0.15, 0.2) is 0 Å². The molecule has 1 N–H and O–H groups in total. The summed E-state index contributed by atoms with van der Waals surface area (Å²) in [6.07, 6.45) is 3.84. The van der Waals surface area contributed by atoms with Crippen LogP contribution in [0.3, 0.4) is 0 Å². The predicted octanol–water partition coefficient (Wildman–Crippen LogP) is 6.10. The Labute approximate surface area is 330 Å². The summed E-state index contributed by atoms with van der Waals surface area (Å²) >= 11 is 0. The minimum Gasteiger partial charge on any atom is -0.366 e. The molecular formula is C44H44FN7O5. The number of anilines is 3. The van der Waals surface area contributed by atoms with Crippen molar-refractivity contribution < 1.29 is 28.1 Å². The lowest BCUT2D eigenvalue weighted by atomic mass is 9.92. The third-order valence-corrected chi connectivity index (χ3v) is 12.8. The molecule has 1 aromatic heterocycles. The zero-order valence-corrected chi connectivity index (χ0v) is 32.3. The van der Waals surface area contributed by atoms with Crippen LogP contribution in [0.2, 0.25) is 0 Å². The number of amides is 4. The number of carbonyl (C=O) groups excluding carboxylic acids is 4. The number of hydrogen-bond acceptors (Lipinski definition) is 10. The lowest BCUT2D eigenvalue weighted by molar-refractivity contribution is -0.136. The molecule has 57 heavy (non-hydrogen) atoms. The Balaban J connectivity index is 0.879. The molecule has 5 aliphatic rings. The van der Waals surface area contributed by atoms with Gasteiger partial charge in [-0.15, -0.1) is 0 Å². The Morgan fingerprint density at radius 2 is 1.65 bits per heavy atom. The van der Waals surface area contributed by atoms with Gasteiger partial charge in [-0.2, -0.15) is 5.26 Å². The van der Waals surface area contributed by atoms with Crippen molar-refractivity contribution in [1.29, 1.82) is 5.26 Å². The molecule has 292 valence electrons. The molecule has 1 atom stereocenters. The molecule has 9 rings (SSSR count). The van der Waals surface area contributed by atoms with Gasteiger partial charge >= 0.3 is 0 Å². The number of hydrogen-bond donors (Lipinski definition) is 1. The molecule has 4 aromatic rings. The minimum atomic E-state index is -1.10. The zero-order chi connectivity index (χ0) is 39.7. The first kappa shape index (κ1) is 36.7. The highest BCUT2D eigenvalue weighted by Gasteiger charge is 2.47.